The number of pyridine rings is 1. The summed E-state index contributed by atoms with van der Waals surface area (Å²) in [7, 11) is 0. The van der Waals surface area contributed by atoms with Crippen LogP contribution in [0.5, 0.6) is 0 Å². The van der Waals surface area contributed by atoms with Crippen LogP contribution >= 0.6 is 0 Å². The molecule has 5 nitrogen and oxygen atoms in total. The first kappa shape index (κ1) is 17.4. The minimum atomic E-state index is 0.0319. The lowest BCUT2D eigenvalue weighted by Gasteiger charge is -2.28. The molecular weight excluding hydrogens is 290 g/mol. The summed E-state index contributed by atoms with van der Waals surface area (Å²) in [6.45, 7) is 4.63. The Hall–Kier alpha value is -1.91. The summed E-state index contributed by atoms with van der Waals surface area (Å²) in [5, 5.41) is 6.03. The highest BCUT2D eigenvalue weighted by molar-refractivity contribution is 5.81. The fourth-order valence-corrected chi connectivity index (χ4v) is 2.91. The number of hydrogen-bond donors (Lipinski definition) is 2. The molecule has 1 heterocycles. The molecule has 0 saturated heterocycles. The molecule has 23 heavy (non-hydrogen) atoms. The van der Waals surface area contributed by atoms with Gasteiger partial charge >= 0.3 is 0 Å². The number of carbonyl (C=O) groups is 2. The van der Waals surface area contributed by atoms with Gasteiger partial charge in [0.2, 0.25) is 11.8 Å². The van der Waals surface area contributed by atoms with Gasteiger partial charge < -0.3 is 10.6 Å². The van der Waals surface area contributed by atoms with Crippen LogP contribution in [0.2, 0.25) is 0 Å². The van der Waals surface area contributed by atoms with Crippen LogP contribution in [0.25, 0.3) is 0 Å². The molecule has 1 fully saturated rings. The molecule has 0 aliphatic heterocycles. The normalized spacial score (nSPS) is 22.2. The minimum absolute atomic E-state index is 0.0319. The van der Waals surface area contributed by atoms with E-state index in [-0.39, 0.29) is 29.7 Å². The third-order valence-corrected chi connectivity index (χ3v) is 4.69. The van der Waals surface area contributed by atoms with Crippen molar-refractivity contribution in [3.8, 4) is 0 Å². The van der Waals surface area contributed by atoms with Crippen molar-refractivity contribution in [3.63, 3.8) is 0 Å². The summed E-state index contributed by atoms with van der Waals surface area (Å²) in [4.78, 5) is 28.3. The maximum absolute atomic E-state index is 12.2. The van der Waals surface area contributed by atoms with E-state index >= 15 is 0 Å². The lowest BCUT2D eigenvalue weighted by Crippen LogP contribution is -2.40. The van der Waals surface area contributed by atoms with Gasteiger partial charge in [0.15, 0.2) is 0 Å². The third-order valence-electron chi connectivity index (χ3n) is 4.69. The maximum Gasteiger partial charge on any atom is 0.223 e. The number of carbonyl (C=O) groups excluding carboxylic acids is 2. The second kappa shape index (κ2) is 8.65. The van der Waals surface area contributed by atoms with Crippen LogP contribution in [-0.4, -0.2) is 22.8 Å². The Bertz CT molecular complexity index is 510. The fourth-order valence-electron chi connectivity index (χ4n) is 2.91. The van der Waals surface area contributed by atoms with E-state index in [4.69, 9.17) is 0 Å². The third kappa shape index (κ3) is 5.34. The van der Waals surface area contributed by atoms with Crippen LogP contribution in [0.4, 0.5) is 0 Å². The predicted molar refractivity (Wildman–Crippen MR) is 89.4 cm³/mol. The maximum atomic E-state index is 12.2. The van der Waals surface area contributed by atoms with Crippen molar-refractivity contribution < 1.29 is 9.59 Å². The number of nitrogens with one attached hydrogen (secondary N) is 2. The molecule has 2 amide bonds. The molecule has 126 valence electrons. The predicted octanol–water partition coefficient (Wildman–Crippen LogP) is 2.42. The van der Waals surface area contributed by atoms with Crippen molar-refractivity contribution in [2.75, 3.05) is 0 Å². The van der Waals surface area contributed by atoms with E-state index in [9.17, 15) is 9.59 Å². The van der Waals surface area contributed by atoms with Crippen molar-refractivity contribution >= 4 is 11.8 Å². The van der Waals surface area contributed by atoms with Gasteiger partial charge in [0.25, 0.3) is 0 Å². The number of hydrogen-bond acceptors (Lipinski definition) is 3. The highest BCUT2D eigenvalue weighted by Crippen LogP contribution is 2.29. The average molecular weight is 317 g/mol. The van der Waals surface area contributed by atoms with E-state index in [1.54, 1.807) is 12.4 Å². The molecule has 1 aromatic rings. The quantitative estimate of drug-likeness (QED) is 0.846. The van der Waals surface area contributed by atoms with Crippen LogP contribution < -0.4 is 10.6 Å². The van der Waals surface area contributed by atoms with Gasteiger partial charge in [-0.15, -0.1) is 0 Å². The molecule has 1 atom stereocenters. The highest BCUT2D eigenvalue weighted by atomic mass is 16.2. The smallest absolute Gasteiger partial charge is 0.223 e. The van der Waals surface area contributed by atoms with Gasteiger partial charge in [-0.2, -0.15) is 0 Å². The van der Waals surface area contributed by atoms with Crippen molar-refractivity contribution in [1.29, 1.82) is 0 Å². The Morgan fingerprint density at radius 3 is 2.26 bits per heavy atom. The summed E-state index contributed by atoms with van der Waals surface area (Å²) >= 11 is 0. The van der Waals surface area contributed by atoms with Gasteiger partial charge in [0.05, 0.1) is 0 Å². The lowest BCUT2D eigenvalue weighted by molar-refractivity contribution is -0.131. The molecule has 1 aromatic heterocycles. The molecule has 0 spiro atoms. The zero-order chi connectivity index (χ0) is 16.7. The zero-order valence-corrected chi connectivity index (χ0v) is 14.0. The number of aromatic nitrogens is 1. The zero-order valence-electron chi connectivity index (χ0n) is 14.0. The van der Waals surface area contributed by atoms with Crippen LogP contribution in [-0.2, 0) is 16.1 Å². The summed E-state index contributed by atoms with van der Waals surface area (Å²) < 4.78 is 0. The van der Waals surface area contributed by atoms with E-state index < -0.39 is 0 Å². The minimum Gasteiger partial charge on any atom is -0.353 e. The molecule has 0 aromatic carbocycles. The summed E-state index contributed by atoms with van der Waals surface area (Å²) in [6, 6.07) is 4.02. The van der Waals surface area contributed by atoms with Crippen molar-refractivity contribution in [2.24, 2.45) is 11.8 Å². The van der Waals surface area contributed by atoms with Crippen molar-refractivity contribution in [3.05, 3.63) is 30.1 Å². The standard InChI is InChI=1S/C18H27N3O2/c1-3-13(2)21-18(23)16-6-4-15(5-7-16)17(22)20-12-14-8-10-19-11-9-14/h8-11,13,15-16H,3-7,12H2,1-2H3,(H,20,22)(H,21,23). The number of amides is 2. The first-order chi connectivity index (χ1) is 11.1. The van der Waals surface area contributed by atoms with Gasteiger partial charge in [0.1, 0.15) is 0 Å². The largest absolute Gasteiger partial charge is 0.353 e. The Kier molecular flexibility index (Phi) is 6.56. The number of rotatable bonds is 6. The molecule has 1 aliphatic carbocycles. The Morgan fingerprint density at radius 1 is 1.13 bits per heavy atom. The Labute approximate surface area is 138 Å². The van der Waals surface area contributed by atoms with Crippen LogP contribution in [0.15, 0.2) is 24.5 Å². The van der Waals surface area contributed by atoms with E-state index in [2.05, 4.69) is 22.5 Å². The molecule has 0 bridgehead atoms. The Morgan fingerprint density at radius 2 is 1.70 bits per heavy atom. The molecule has 1 unspecified atom stereocenters. The van der Waals surface area contributed by atoms with E-state index in [0.29, 0.717) is 6.54 Å². The van der Waals surface area contributed by atoms with E-state index in [1.165, 1.54) is 0 Å². The lowest BCUT2D eigenvalue weighted by atomic mass is 9.81. The molecule has 2 N–H and O–H groups in total. The molecule has 1 aliphatic rings. The number of nitrogens with zero attached hydrogens (tertiary/aromatic N) is 1. The summed E-state index contributed by atoms with van der Waals surface area (Å²) in [5.74, 6) is 0.343. The van der Waals surface area contributed by atoms with Gasteiger partial charge in [0, 0.05) is 36.8 Å². The van der Waals surface area contributed by atoms with Gasteiger partial charge in [-0.1, -0.05) is 6.92 Å². The topological polar surface area (TPSA) is 71.1 Å². The monoisotopic (exact) mass is 317 g/mol. The second-order valence-corrected chi connectivity index (χ2v) is 6.44. The second-order valence-electron chi connectivity index (χ2n) is 6.44. The van der Waals surface area contributed by atoms with E-state index in [1.807, 2.05) is 19.1 Å². The van der Waals surface area contributed by atoms with Crippen LogP contribution in [0.3, 0.4) is 0 Å². The molecule has 2 rings (SSSR count). The SMILES string of the molecule is CCC(C)NC(=O)C1CCC(C(=O)NCc2ccncc2)CC1. The van der Waals surface area contributed by atoms with Crippen LogP contribution in [0.1, 0.15) is 51.5 Å². The first-order valence-electron chi connectivity index (χ1n) is 8.57. The Balaban J connectivity index is 1.73. The fraction of sp³-hybridized carbons (Fsp3) is 0.611. The van der Waals surface area contributed by atoms with Gasteiger partial charge in [-0.25, -0.2) is 0 Å². The average Bonchev–Trinajstić information content (AvgIpc) is 2.60. The molecular formula is C18H27N3O2. The molecule has 0 radical (unpaired) electrons. The summed E-state index contributed by atoms with van der Waals surface area (Å²) in [5.41, 5.74) is 1.05. The summed E-state index contributed by atoms with van der Waals surface area (Å²) in [6.07, 6.45) is 7.58. The van der Waals surface area contributed by atoms with Crippen LogP contribution in [0, 0.1) is 11.8 Å². The first-order valence-corrected chi connectivity index (χ1v) is 8.57. The molecule has 5 heteroatoms. The van der Waals surface area contributed by atoms with E-state index in [0.717, 1.165) is 37.7 Å². The van der Waals surface area contributed by atoms with Gasteiger partial charge in [-0.3, -0.25) is 14.6 Å². The molecule has 1 saturated carbocycles. The van der Waals surface area contributed by atoms with Crippen molar-refractivity contribution in [2.45, 2.75) is 58.5 Å². The van der Waals surface area contributed by atoms with Gasteiger partial charge in [-0.05, 0) is 56.7 Å². The van der Waals surface area contributed by atoms with Crippen molar-refractivity contribution in [1.82, 2.24) is 15.6 Å². The highest BCUT2D eigenvalue weighted by Gasteiger charge is 2.30.